The van der Waals surface area contributed by atoms with E-state index in [1.54, 1.807) is 0 Å². The lowest BCUT2D eigenvalue weighted by Gasteiger charge is -2.54. The molecule has 2 heterocycles. The summed E-state index contributed by atoms with van der Waals surface area (Å²) in [4.78, 5) is 16.6. The largest absolute Gasteiger partial charge is 0.341 e. The number of hydrogen-bond donors (Lipinski definition) is 0. The molecule has 0 aromatic rings. The van der Waals surface area contributed by atoms with Crippen LogP contribution in [-0.2, 0) is 4.79 Å². The Morgan fingerprint density at radius 3 is 2.17 bits per heavy atom. The van der Waals surface area contributed by atoms with Crippen LogP contribution in [0.2, 0.25) is 0 Å². The Balaban J connectivity index is 1.72. The van der Waals surface area contributed by atoms with Crippen LogP contribution in [0.25, 0.3) is 0 Å². The van der Waals surface area contributed by atoms with Crippen molar-refractivity contribution in [3.05, 3.63) is 0 Å². The second-order valence-corrected chi connectivity index (χ2v) is 8.22. The standard InChI is InChI=1S/C21H36N2O/c1-5-8-19(9-6-2)10-7-13-22-14-11-21(12-15-22)16-23(17-21)20(24)18(3)4/h18-19H,5-6,8-9,11-17H2,1-4H3. The van der Waals surface area contributed by atoms with Crippen molar-refractivity contribution in [1.82, 2.24) is 9.80 Å². The molecule has 3 nitrogen and oxygen atoms in total. The second-order valence-electron chi connectivity index (χ2n) is 8.22. The summed E-state index contributed by atoms with van der Waals surface area (Å²) in [5, 5.41) is 0. The molecule has 0 N–H and O–H groups in total. The molecular formula is C21H36N2O. The highest BCUT2D eigenvalue weighted by molar-refractivity contribution is 5.79. The number of carbonyl (C=O) groups excluding carboxylic acids is 1. The minimum absolute atomic E-state index is 0.136. The van der Waals surface area contributed by atoms with E-state index in [-0.39, 0.29) is 5.92 Å². The first kappa shape index (κ1) is 19.3. The number of likely N-dealkylation sites (tertiary alicyclic amines) is 2. The zero-order valence-corrected chi connectivity index (χ0v) is 16.2. The maximum Gasteiger partial charge on any atom is 0.225 e. The summed E-state index contributed by atoms with van der Waals surface area (Å²) < 4.78 is 0. The topological polar surface area (TPSA) is 23.6 Å². The average molecular weight is 333 g/mol. The lowest BCUT2D eigenvalue weighted by atomic mass is 9.71. The summed E-state index contributed by atoms with van der Waals surface area (Å²) in [5.41, 5.74) is 0.418. The summed E-state index contributed by atoms with van der Waals surface area (Å²) in [6.45, 7) is 13.7. The monoisotopic (exact) mass is 332 g/mol. The maximum absolute atomic E-state index is 12.0. The fraction of sp³-hybridized carbons (Fsp3) is 0.857. The molecule has 0 aliphatic carbocycles. The van der Waals surface area contributed by atoms with Gasteiger partial charge in [-0.25, -0.2) is 0 Å². The van der Waals surface area contributed by atoms with Gasteiger partial charge >= 0.3 is 0 Å². The van der Waals surface area contributed by atoms with Crippen LogP contribution in [0.4, 0.5) is 0 Å². The predicted octanol–water partition coefficient (Wildman–Crippen LogP) is 3.79. The smallest absolute Gasteiger partial charge is 0.225 e. The van der Waals surface area contributed by atoms with E-state index in [1.165, 1.54) is 38.5 Å². The van der Waals surface area contributed by atoms with E-state index < -0.39 is 0 Å². The van der Waals surface area contributed by atoms with Gasteiger partial charge in [-0.05, 0) is 38.8 Å². The van der Waals surface area contributed by atoms with E-state index in [0.717, 1.165) is 32.7 Å². The summed E-state index contributed by atoms with van der Waals surface area (Å²) in [6, 6.07) is 0. The molecule has 2 rings (SSSR count). The Morgan fingerprint density at radius 1 is 1.08 bits per heavy atom. The Bertz CT molecular complexity index is 452. The average Bonchev–Trinajstić information content (AvgIpc) is 2.53. The van der Waals surface area contributed by atoms with Crippen molar-refractivity contribution in [1.29, 1.82) is 0 Å². The van der Waals surface area contributed by atoms with Gasteiger partial charge < -0.3 is 4.90 Å². The van der Waals surface area contributed by atoms with Gasteiger partial charge in [-0.3, -0.25) is 9.69 Å². The van der Waals surface area contributed by atoms with Gasteiger partial charge in [0.15, 0.2) is 0 Å². The van der Waals surface area contributed by atoms with Crippen molar-refractivity contribution in [2.24, 2.45) is 17.3 Å². The van der Waals surface area contributed by atoms with Crippen molar-refractivity contribution < 1.29 is 4.79 Å². The number of amides is 1. The van der Waals surface area contributed by atoms with E-state index >= 15 is 0 Å². The van der Waals surface area contributed by atoms with Gasteiger partial charge in [0, 0.05) is 30.3 Å². The lowest BCUT2D eigenvalue weighted by molar-refractivity contribution is -0.150. The molecule has 136 valence electrons. The van der Waals surface area contributed by atoms with Gasteiger partial charge in [0.2, 0.25) is 5.91 Å². The Kier molecular flexibility index (Phi) is 7.16. The van der Waals surface area contributed by atoms with Gasteiger partial charge in [0.05, 0.1) is 6.54 Å². The normalized spacial score (nSPS) is 20.2. The van der Waals surface area contributed by atoms with Crippen LogP contribution in [-0.4, -0.2) is 48.4 Å². The lowest BCUT2D eigenvalue weighted by Crippen LogP contribution is -2.62. The fourth-order valence-electron chi connectivity index (χ4n) is 4.07. The predicted molar refractivity (Wildman–Crippen MR) is 101 cm³/mol. The number of rotatable bonds is 6. The molecule has 24 heavy (non-hydrogen) atoms. The van der Waals surface area contributed by atoms with Gasteiger partial charge in [-0.15, -0.1) is 0 Å². The van der Waals surface area contributed by atoms with Gasteiger partial charge in [-0.1, -0.05) is 52.4 Å². The van der Waals surface area contributed by atoms with Gasteiger partial charge in [0.25, 0.3) is 0 Å². The highest BCUT2D eigenvalue weighted by Crippen LogP contribution is 2.40. The quantitative estimate of drug-likeness (QED) is 0.691. The van der Waals surface area contributed by atoms with Crippen LogP contribution in [0, 0.1) is 29.1 Å². The highest BCUT2D eigenvalue weighted by Gasteiger charge is 2.46. The number of piperidine rings is 1. The minimum Gasteiger partial charge on any atom is -0.341 e. The third kappa shape index (κ3) is 4.99. The van der Waals surface area contributed by atoms with Crippen LogP contribution >= 0.6 is 0 Å². The SMILES string of the molecule is CCCC(C#CCN1CCC2(CC1)CN(C(=O)C(C)C)C2)CCC. The van der Waals surface area contributed by atoms with Crippen molar-refractivity contribution in [3.63, 3.8) is 0 Å². The van der Waals surface area contributed by atoms with Gasteiger partial charge in [-0.2, -0.15) is 0 Å². The molecule has 0 aromatic heterocycles. The molecule has 2 fully saturated rings. The third-order valence-corrected chi connectivity index (χ3v) is 5.66. The molecule has 2 saturated heterocycles. The summed E-state index contributed by atoms with van der Waals surface area (Å²) in [6.07, 6.45) is 7.40. The molecule has 0 radical (unpaired) electrons. The van der Waals surface area contributed by atoms with Crippen LogP contribution in [0.3, 0.4) is 0 Å². The molecular weight excluding hydrogens is 296 g/mol. The summed E-state index contributed by atoms with van der Waals surface area (Å²) in [7, 11) is 0. The number of carbonyl (C=O) groups is 1. The van der Waals surface area contributed by atoms with Crippen LogP contribution in [0.15, 0.2) is 0 Å². The van der Waals surface area contributed by atoms with Crippen LogP contribution in [0.1, 0.15) is 66.2 Å². The van der Waals surface area contributed by atoms with Crippen molar-refractivity contribution in [2.75, 3.05) is 32.7 Å². The van der Waals surface area contributed by atoms with Crippen molar-refractivity contribution in [3.8, 4) is 11.8 Å². The van der Waals surface area contributed by atoms with E-state index in [4.69, 9.17) is 0 Å². The Hall–Kier alpha value is -1.01. The number of hydrogen-bond acceptors (Lipinski definition) is 2. The zero-order valence-electron chi connectivity index (χ0n) is 16.2. The van der Waals surface area contributed by atoms with E-state index in [2.05, 4.69) is 35.5 Å². The highest BCUT2D eigenvalue weighted by atomic mass is 16.2. The molecule has 0 unspecified atom stereocenters. The minimum atomic E-state index is 0.136. The maximum atomic E-state index is 12.0. The van der Waals surface area contributed by atoms with Crippen LogP contribution in [0.5, 0.6) is 0 Å². The number of nitrogens with zero attached hydrogens (tertiary/aromatic N) is 2. The molecule has 3 heteroatoms. The fourth-order valence-corrected chi connectivity index (χ4v) is 4.07. The first-order chi connectivity index (χ1) is 11.5. The first-order valence-corrected chi connectivity index (χ1v) is 9.99. The van der Waals surface area contributed by atoms with Gasteiger partial charge in [0.1, 0.15) is 0 Å². The molecule has 0 aromatic carbocycles. The first-order valence-electron chi connectivity index (χ1n) is 9.99. The molecule has 2 aliphatic heterocycles. The van der Waals surface area contributed by atoms with Crippen molar-refractivity contribution >= 4 is 5.91 Å². The summed E-state index contributed by atoms with van der Waals surface area (Å²) >= 11 is 0. The van der Waals surface area contributed by atoms with E-state index in [9.17, 15) is 4.79 Å². The molecule has 0 bridgehead atoms. The zero-order chi connectivity index (χ0) is 17.6. The Morgan fingerprint density at radius 2 is 1.67 bits per heavy atom. The summed E-state index contributed by atoms with van der Waals surface area (Å²) in [5.74, 6) is 8.01. The molecule has 2 aliphatic rings. The Labute approximate surface area is 149 Å². The molecule has 0 saturated carbocycles. The molecule has 1 amide bonds. The van der Waals surface area contributed by atoms with E-state index in [0.29, 0.717) is 17.2 Å². The third-order valence-electron chi connectivity index (χ3n) is 5.66. The van der Waals surface area contributed by atoms with Crippen LogP contribution < -0.4 is 0 Å². The molecule has 0 atom stereocenters. The molecule has 1 spiro atoms. The second kappa shape index (κ2) is 8.90. The van der Waals surface area contributed by atoms with Crippen molar-refractivity contribution in [2.45, 2.75) is 66.2 Å². The van der Waals surface area contributed by atoms with E-state index in [1.807, 2.05) is 13.8 Å².